The number of hydrogen-bond acceptors (Lipinski definition) is 8. The minimum Gasteiger partial charge on any atom is -0.465 e. The predicted octanol–water partition coefficient (Wildman–Crippen LogP) is 4.12. The number of ether oxygens (including phenoxy) is 1. The van der Waals surface area contributed by atoms with Crippen LogP contribution >= 0.6 is 11.8 Å². The largest absolute Gasteiger partial charge is 0.465 e. The molecule has 1 saturated carbocycles. The van der Waals surface area contributed by atoms with Crippen LogP contribution in [0.15, 0.2) is 47.4 Å². The third-order valence-electron chi connectivity index (χ3n) is 5.18. The molecule has 10 nitrogen and oxygen atoms in total. The van der Waals surface area contributed by atoms with Gasteiger partial charge in [0.2, 0.25) is 0 Å². The summed E-state index contributed by atoms with van der Waals surface area (Å²) in [4.78, 5) is 46.3. The van der Waals surface area contributed by atoms with Gasteiger partial charge in [0, 0.05) is 28.3 Å². The number of thioether (sulfide) groups is 1. The summed E-state index contributed by atoms with van der Waals surface area (Å²) in [5, 5.41) is 25.1. The van der Waals surface area contributed by atoms with E-state index in [1.807, 2.05) is 12.1 Å². The molecule has 11 heteroatoms. The number of amides is 1. The maximum Gasteiger partial charge on any atom is 0.338 e. The Kier molecular flexibility index (Phi) is 7.41. The van der Waals surface area contributed by atoms with E-state index < -0.39 is 33.1 Å². The van der Waals surface area contributed by atoms with E-state index in [1.54, 1.807) is 12.1 Å². The summed E-state index contributed by atoms with van der Waals surface area (Å²) in [6.45, 7) is 0. The number of carbonyl (C=O) groups is 2. The van der Waals surface area contributed by atoms with Crippen LogP contribution in [0.3, 0.4) is 0 Å². The molecule has 2 aromatic rings. The van der Waals surface area contributed by atoms with Crippen LogP contribution in [0.25, 0.3) is 0 Å². The summed E-state index contributed by atoms with van der Waals surface area (Å²) in [7, 11) is 1.31. The summed E-state index contributed by atoms with van der Waals surface area (Å²) in [6.07, 6.45) is 3.31. The fraction of sp³-hybridized carbons (Fsp3) is 0.333. The van der Waals surface area contributed by atoms with E-state index in [0.29, 0.717) is 12.0 Å². The first-order valence-electron chi connectivity index (χ1n) is 9.89. The quantitative estimate of drug-likeness (QED) is 0.370. The number of non-ortho nitro benzene ring substituents is 2. The van der Waals surface area contributed by atoms with Crippen molar-refractivity contribution in [3.05, 3.63) is 73.8 Å². The standard InChI is InChI=1S/C21H21N3O7S/c1-31-21(26)16-6-2-4-8-18(16)32-19-9-5-3-7-17(19)22-20(25)13-10-14(23(27)28)12-15(11-13)24(29)30/h2,4,6,8,10-12,17,19H,3,5,7,9H2,1H3,(H,22,25)/t17-,19-/m1/s1. The van der Waals surface area contributed by atoms with Gasteiger partial charge in [-0.2, -0.15) is 0 Å². The smallest absolute Gasteiger partial charge is 0.338 e. The van der Waals surface area contributed by atoms with E-state index in [9.17, 15) is 29.8 Å². The molecule has 0 saturated heterocycles. The van der Waals surface area contributed by atoms with E-state index in [1.165, 1.54) is 18.9 Å². The van der Waals surface area contributed by atoms with Crippen molar-refractivity contribution in [1.29, 1.82) is 0 Å². The van der Waals surface area contributed by atoms with Crippen LogP contribution in [0.4, 0.5) is 11.4 Å². The Morgan fingerprint density at radius 2 is 1.66 bits per heavy atom. The molecule has 0 heterocycles. The number of methoxy groups -OCH3 is 1. The summed E-state index contributed by atoms with van der Waals surface area (Å²) < 4.78 is 4.84. The van der Waals surface area contributed by atoms with Crippen molar-refractivity contribution in [1.82, 2.24) is 5.32 Å². The lowest BCUT2D eigenvalue weighted by Gasteiger charge is -2.32. The number of benzene rings is 2. The minimum atomic E-state index is -0.771. The molecule has 0 aromatic heterocycles. The molecule has 1 fully saturated rings. The SMILES string of the molecule is COC(=O)c1ccccc1S[C@@H]1CCCC[C@H]1NC(=O)c1cc([N+](=O)[O-])cc([N+](=O)[O-])c1. The summed E-state index contributed by atoms with van der Waals surface area (Å²) in [5.41, 5.74) is -0.753. The average molecular weight is 459 g/mol. The Morgan fingerprint density at radius 3 is 2.28 bits per heavy atom. The average Bonchev–Trinajstić information content (AvgIpc) is 2.79. The first-order valence-corrected chi connectivity index (χ1v) is 10.8. The van der Waals surface area contributed by atoms with Gasteiger partial charge in [-0.25, -0.2) is 4.79 Å². The predicted molar refractivity (Wildman–Crippen MR) is 117 cm³/mol. The van der Waals surface area contributed by atoms with Crippen molar-refractivity contribution in [2.75, 3.05) is 7.11 Å². The number of hydrogen-bond donors (Lipinski definition) is 1. The van der Waals surface area contributed by atoms with E-state index in [2.05, 4.69) is 5.32 Å². The summed E-state index contributed by atoms with van der Waals surface area (Å²) in [5.74, 6) is -1.07. The van der Waals surface area contributed by atoms with Crippen LogP contribution in [-0.4, -0.2) is 40.1 Å². The third kappa shape index (κ3) is 5.41. The Morgan fingerprint density at radius 1 is 1.03 bits per heavy atom. The van der Waals surface area contributed by atoms with Crippen molar-refractivity contribution in [2.24, 2.45) is 0 Å². The number of carbonyl (C=O) groups excluding carboxylic acids is 2. The van der Waals surface area contributed by atoms with Gasteiger partial charge in [0.05, 0.1) is 34.1 Å². The fourth-order valence-corrected chi connectivity index (χ4v) is 5.02. The van der Waals surface area contributed by atoms with Gasteiger partial charge in [-0.05, 0) is 25.0 Å². The van der Waals surface area contributed by atoms with Gasteiger partial charge < -0.3 is 10.1 Å². The highest BCUT2D eigenvalue weighted by atomic mass is 32.2. The van der Waals surface area contributed by atoms with Crippen molar-refractivity contribution < 1.29 is 24.2 Å². The molecular weight excluding hydrogens is 438 g/mol. The highest BCUT2D eigenvalue weighted by Gasteiger charge is 2.30. The summed E-state index contributed by atoms with van der Waals surface area (Å²) >= 11 is 1.46. The highest BCUT2D eigenvalue weighted by Crippen LogP contribution is 2.36. The van der Waals surface area contributed by atoms with Crippen LogP contribution in [-0.2, 0) is 4.74 Å². The van der Waals surface area contributed by atoms with E-state index in [4.69, 9.17) is 4.74 Å². The molecule has 1 N–H and O–H groups in total. The lowest BCUT2D eigenvalue weighted by atomic mass is 9.94. The van der Waals surface area contributed by atoms with Gasteiger partial charge in [0.15, 0.2) is 0 Å². The molecule has 2 aromatic carbocycles. The zero-order valence-corrected chi connectivity index (χ0v) is 18.0. The van der Waals surface area contributed by atoms with E-state index in [0.717, 1.165) is 42.4 Å². The molecule has 0 aliphatic heterocycles. The number of nitro groups is 2. The van der Waals surface area contributed by atoms with Crippen molar-refractivity contribution >= 4 is 35.0 Å². The van der Waals surface area contributed by atoms with Crippen molar-refractivity contribution in [3.63, 3.8) is 0 Å². The molecule has 168 valence electrons. The zero-order chi connectivity index (χ0) is 23.3. The third-order valence-corrected chi connectivity index (χ3v) is 6.65. The lowest BCUT2D eigenvalue weighted by molar-refractivity contribution is -0.394. The van der Waals surface area contributed by atoms with Gasteiger partial charge in [-0.1, -0.05) is 25.0 Å². The monoisotopic (exact) mass is 459 g/mol. The summed E-state index contributed by atoms with van der Waals surface area (Å²) in [6, 6.07) is 9.64. The van der Waals surface area contributed by atoms with E-state index >= 15 is 0 Å². The van der Waals surface area contributed by atoms with Crippen LogP contribution in [0.5, 0.6) is 0 Å². The molecule has 0 spiro atoms. The second kappa shape index (κ2) is 10.2. The molecule has 32 heavy (non-hydrogen) atoms. The highest BCUT2D eigenvalue weighted by molar-refractivity contribution is 8.00. The molecule has 0 unspecified atom stereocenters. The molecular formula is C21H21N3O7S. The first kappa shape index (κ1) is 23.2. The van der Waals surface area contributed by atoms with Crippen molar-refractivity contribution in [2.45, 2.75) is 41.9 Å². The van der Waals surface area contributed by atoms with Crippen LogP contribution in [0, 0.1) is 20.2 Å². The number of nitrogens with one attached hydrogen (secondary N) is 1. The van der Waals surface area contributed by atoms with Gasteiger partial charge in [-0.3, -0.25) is 25.0 Å². The first-order chi connectivity index (χ1) is 15.3. The van der Waals surface area contributed by atoms with Gasteiger partial charge in [0.25, 0.3) is 17.3 Å². The molecule has 1 aliphatic rings. The lowest BCUT2D eigenvalue weighted by Crippen LogP contribution is -2.43. The maximum atomic E-state index is 12.8. The Hall–Kier alpha value is -3.47. The molecule has 1 amide bonds. The molecule has 1 aliphatic carbocycles. The van der Waals surface area contributed by atoms with Gasteiger partial charge >= 0.3 is 5.97 Å². The van der Waals surface area contributed by atoms with Gasteiger partial charge in [-0.15, -0.1) is 11.8 Å². The van der Waals surface area contributed by atoms with Gasteiger partial charge in [0.1, 0.15) is 0 Å². The topological polar surface area (TPSA) is 142 Å². The molecule has 3 rings (SSSR count). The number of esters is 1. The minimum absolute atomic E-state index is 0.0489. The normalized spacial score (nSPS) is 17.9. The maximum absolute atomic E-state index is 12.8. The molecule has 0 radical (unpaired) electrons. The number of rotatable bonds is 7. The van der Waals surface area contributed by atoms with Crippen LogP contribution in [0.2, 0.25) is 0 Å². The second-order valence-corrected chi connectivity index (χ2v) is 8.54. The van der Waals surface area contributed by atoms with Crippen molar-refractivity contribution in [3.8, 4) is 0 Å². The Labute approximate surface area is 187 Å². The molecule has 0 bridgehead atoms. The Balaban J connectivity index is 1.82. The Bertz CT molecular complexity index is 1030. The molecule has 2 atom stereocenters. The number of nitro benzene ring substituents is 2. The van der Waals surface area contributed by atoms with E-state index in [-0.39, 0.29) is 16.9 Å². The fourth-order valence-electron chi connectivity index (χ4n) is 3.60. The zero-order valence-electron chi connectivity index (χ0n) is 17.2. The van der Waals surface area contributed by atoms with Crippen LogP contribution < -0.4 is 5.32 Å². The van der Waals surface area contributed by atoms with Crippen LogP contribution in [0.1, 0.15) is 46.4 Å². The number of nitrogens with zero attached hydrogens (tertiary/aromatic N) is 2. The second-order valence-electron chi connectivity index (χ2n) is 7.26.